The summed E-state index contributed by atoms with van der Waals surface area (Å²) >= 11 is 19.3. The molecule has 7 nitrogen and oxygen atoms in total. The number of hydrogen-bond acceptors (Lipinski definition) is 5. The van der Waals surface area contributed by atoms with Gasteiger partial charge in [-0.05, 0) is 36.8 Å². The van der Waals surface area contributed by atoms with Crippen molar-refractivity contribution in [3.8, 4) is 0 Å². The van der Waals surface area contributed by atoms with Gasteiger partial charge in [-0.2, -0.15) is 0 Å². The topological polar surface area (TPSA) is 88.9 Å². The number of amides is 2. The summed E-state index contributed by atoms with van der Waals surface area (Å²) in [4.78, 5) is 24.6. The Morgan fingerprint density at radius 1 is 1.03 bits per heavy atom. The molecule has 3 aromatic rings. The number of carbonyl (C=O) groups excluding carboxylic acids is 2. The number of thioether (sulfide) groups is 1. The number of benzene rings is 2. The van der Waals surface area contributed by atoms with Crippen LogP contribution in [0.3, 0.4) is 0 Å². The summed E-state index contributed by atoms with van der Waals surface area (Å²) in [6.45, 7) is 1.89. The predicted molar refractivity (Wildman–Crippen MR) is 125 cm³/mol. The van der Waals surface area contributed by atoms with E-state index < -0.39 is 0 Å². The predicted octanol–water partition coefficient (Wildman–Crippen LogP) is 5.00. The molecule has 2 amide bonds. The molecule has 0 unspecified atom stereocenters. The second-order valence-corrected chi connectivity index (χ2v) is 8.72. The van der Waals surface area contributed by atoms with Gasteiger partial charge in [0.05, 0.1) is 27.9 Å². The van der Waals surface area contributed by atoms with Gasteiger partial charge >= 0.3 is 0 Å². The molecule has 0 saturated heterocycles. The Morgan fingerprint density at radius 2 is 1.81 bits per heavy atom. The molecule has 11 heteroatoms. The number of hydrogen-bond donors (Lipinski definition) is 2. The zero-order chi connectivity index (χ0) is 22.5. The number of halogens is 3. The molecule has 0 aliphatic heterocycles. The van der Waals surface area contributed by atoms with Crippen molar-refractivity contribution in [1.82, 2.24) is 14.8 Å². The van der Waals surface area contributed by atoms with Crippen LogP contribution < -0.4 is 10.6 Å². The third-order valence-corrected chi connectivity index (χ3v) is 6.50. The molecule has 0 aliphatic carbocycles. The van der Waals surface area contributed by atoms with Crippen molar-refractivity contribution < 1.29 is 9.59 Å². The Morgan fingerprint density at radius 3 is 2.55 bits per heavy atom. The van der Waals surface area contributed by atoms with E-state index in [2.05, 4.69) is 20.8 Å². The highest BCUT2D eigenvalue weighted by molar-refractivity contribution is 7.99. The van der Waals surface area contributed by atoms with Crippen LogP contribution in [0.5, 0.6) is 0 Å². The maximum atomic E-state index is 12.3. The summed E-state index contributed by atoms with van der Waals surface area (Å²) in [6, 6.07) is 10.3. The minimum atomic E-state index is -0.271. The van der Waals surface area contributed by atoms with E-state index in [4.69, 9.17) is 34.8 Å². The van der Waals surface area contributed by atoms with Gasteiger partial charge in [0, 0.05) is 17.8 Å². The normalized spacial score (nSPS) is 10.7. The molecular formula is C20H18Cl3N5O2S. The highest BCUT2D eigenvalue weighted by atomic mass is 35.5. The van der Waals surface area contributed by atoms with Crippen molar-refractivity contribution in [3.05, 3.63) is 62.9 Å². The molecule has 3 rings (SSSR count). The van der Waals surface area contributed by atoms with E-state index in [1.807, 2.05) is 13.0 Å². The minimum Gasteiger partial charge on any atom is -0.326 e. The van der Waals surface area contributed by atoms with Crippen LogP contribution in [0.25, 0.3) is 0 Å². The summed E-state index contributed by atoms with van der Waals surface area (Å²) < 4.78 is 1.67. The fourth-order valence-corrected chi connectivity index (χ4v) is 3.82. The molecule has 2 aromatic carbocycles. The first-order valence-corrected chi connectivity index (χ1v) is 11.2. The highest BCUT2D eigenvalue weighted by Gasteiger charge is 2.15. The van der Waals surface area contributed by atoms with Gasteiger partial charge in [-0.15, -0.1) is 10.2 Å². The molecule has 1 heterocycles. The summed E-state index contributed by atoms with van der Waals surface area (Å²) in [6.07, 6.45) is 0.0277. The van der Waals surface area contributed by atoms with E-state index in [1.54, 1.807) is 41.9 Å². The number of anilines is 2. The molecule has 0 bridgehead atoms. The zero-order valence-corrected chi connectivity index (χ0v) is 19.7. The van der Waals surface area contributed by atoms with E-state index in [0.29, 0.717) is 32.4 Å². The molecule has 1 aromatic heterocycles. The second kappa shape index (κ2) is 10.4. The van der Waals surface area contributed by atoms with Gasteiger partial charge in [-0.1, -0.05) is 58.7 Å². The van der Waals surface area contributed by atoms with E-state index in [1.165, 1.54) is 11.8 Å². The third-order valence-electron chi connectivity index (χ3n) is 4.26. The molecule has 0 atom stereocenters. The zero-order valence-electron chi connectivity index (χ0n) is 16.6. The molecule has 0 saturated carbocycles. The number of aryl methyl sites for hydroxylation is 1. The molecule has 2 N–H and O–H groups in total. The Bertz CT molecular complexity index is 1140. The van der Waals surface area contributed by atoms with Crippen molar-refractivity contribution in [2.45, 2.75) is 18.5 Å². The summed E-state index contributed by atoms with van der Waals surface area (Å²) in [7, 11) is 1.74. The quantitative estimate of drug-likeness (QED) is 0.448. The van der Waals surface area contributed by atoms with Crippen LogP contribution in [0.4, 0.5) is 11.4 Å². The van der Waals surface area contributed by atoms with Crippen molar-refractivity contribution in [2.75, 3.05) is 16.4 Å². The molecule has 0 spiro atoms. The first kappa shape index (κ1) is 23.4. The lowest BCUT2D eigenvalue weighted by atomic mass is 10.2. The lowest BCUT2D eigenvalue weighted by Gasteiger charge is -2.08. The Hall–Kier alpha value is -2.26. The largest absolute Gasteiger partial charge is 0.326 e. The van der Waals surface area contributed by atoms with Gasteiger partial charge in [0.1, 0.15) is 5.82 Å². The summed E-state index contributed by atoms with van der Waals surface area (Å²) in [5.41, 5.74) is 1.97. The standard InChI is InChI=1S/C20H18Cl3N5O2S/c1-11-6-7-12(8-14(11)22)24-17(29)9-16-26-27-20(28(16)2)31-10-18(30)25-15-5-3-4-13(21)19(15)23/h3-8H,9-10H2,1-2H3,(H,24,29)(H,25,30). The summed E-state index contributed by atoms with van der Waals surface area (Å²) in [5.74, 6) is 0.0348. The minimum absolute atomic E-state index is 0.0277. The highest BCUT2D eigenvalue weighted by Crippen LogP contribution is 2.29. The first-order chi connectivity index (χ1) is 14.7. The van der Waals surface area contributed by atoms with Crippen LogP contribution in [-0.4, -0.2) is 32.3 Å². The smallest absolute Gasteiger partial charge is 0.234 e. The molecule has 31 heavy (non-hydrogen) atoms. The average molecular weight is 499 g/mol. The molecule has 162 valence electrons. The van der Waals surface area contributed by atoms with Crippen LogP contribution >= 0.6 is 46.6 Å². The van der Waals surface area contributed by atoms with Crippen LogP contribution in [-0.2, 0) is 23.1 Å². The van der Waals surface area contributed by atoms with Crippen molar-refractivity contribution in [1.29, 1.82) is 0 Å². The lowest BCUT2D eigenvalue weighted by molar-refractivity contribution is -0.116. The van der Waals surface area contributed by atoms with Gasteiger partial charge in [-0.25, -0.2) is 0 Å². The molecule has 0 aliphatic rings. The van der Waals surface area contributed by atoms with Crippen molar-refractivity contribution >= 4 is 69.8 Å². The second-order valence-electron chi connectivity index (χ2n) is 6.58. The molecule has 0 radical (unpaired) electrons. The maximum absolute atomic E-state index is 12.3. The van der Waals surface area contributed by atoms with Crippen LogP contribution in [0, 0.1) is 6.92 Å². The molecular weight excluding hydrogens is 481 g/mol. The summed E-state index contributed by atoms with van der Waals surface area (Å²) in [5, 5.41) is 15.3. The lowest BCUT2D eigenvalue weighted by Crippen LogP contribution is -2.17. The number of nitrogens with one attached hydrogen (secondary N) is 2. The van der Waals surface area contributed by atoms with Crippen LogP contribution in [0.15, 0.2) is 41.6 Å². The van der Waals surface area contributed by atoms with Gasteiger partial charge < -0.3 is 15.2 Å². The number of nitrogens with zero attached hydrogens (tertiary/aromatic N) is 3. The maximum Gasteiger partial charge on any atom is 0.234 e. The number of rotatable bonds is 7. The van der Waals surface area contributed by atoms with E-state index in [9.17, 15) is 9.59 Å². The monoisotopic (exact) mass is 497 g/mol. The SMILES string of the molecule is Cc1ccc(NC(=O)Cc2nnc(SCC(=O)Nc3cccc(Cl)c3Cl)n2C)cc1Cl. The van der Waals surface area contributed by atoms with Gasteiger partial charge in [0.15, 0.2) is 5.16 Å². The van der Waals surface area contributed by atoms with Crippen molar-refractivity contribution in [2.24, 2.45) is 7.05 Å². The van der Waals surface area contributed by atoms with Gasteiger partial charge in [0.2, 0.25) is 11.8 Å². The van der Waals surface area contributed by atoms with Crippen molar-refractivity contribution in [3.63, 3.8) is 0 Å². The fraction of sp³-hybridized carbons (Fsp3) is 0.200. The van der Waals surface area contributed by atoms with E-state index >= 15 is 0 Å². The number of aromatic nitrogens is 3. The van der Waals surface area contributed by atoms with Gasteiger partial charge in [0.25, 0.3) is 0 Å². The third kappa shape index (κ3) is 6.13. The van der Waals surface area contributed by atoms with Gasteiger partial charge in [-0.3, -0.25) is 9.59 Å². The van der Waals surface area contributed by atoms with E-state index in [0.717, 1.165) is 5.56 Å². The van der Waals surface area contributed by atoms with E-state index in [-0.39, 0.29) is 29.0 Å². The number of carbonyl (C=O) groups is 2. The van der Waals surface area contributed by atoms with Crippen LogP contribution in [0.1, 0.15) is 11.4 Å². The fourth-order valence-electron chi connectivity index (χ4n) is 2.56. The molecule has 0 fully saturated rings. The Balaban J connectivity index is 1.55. The Kier molecular flexibility index (Phi) is 7.83. The van der Waals surface area contributed by atoms with Crippen LogP contribution in [0.2, 0.25) is 15.1 Å². The first-order valence-electron chi connectivity index (χ1n) is 9.05. The Labute approximate surface area is 198 Å². The average Bonchev–Trinajstić information content (AvgIpc) is 3.06.